The summed E-state index contributed by atoms with van der Waals surface area (Å²) in [6.45, 7) is 4.66. The summed E-state index contributed by atoms with van der Waals surface area (Å²) in [5.74, 6) is 0.909. The van der Waals surface area contributed by atoms with E-state index in [4.69, 9.17) is 0 Å². The zero-order valence-electron chi connectivity index (χ0n) is 9.70. The van der Waals surface area contributed by atoms with Crippen molar-refractivity contribution < 1.29 is 0 Å². The fourth-order valence-electron chi connectivity index (χ4n) is 2.56. The Morgan fingerprint density at radius 1 is 1.47 bits per heavy atom. The van der Waals surface area contributed by atoms with Crippen molar-refractivity contribution in [3.63, 3.8) is 0 Å². The van der Waals surface area contributed by atoms with Crippen LogP contribution < -0.4 is 5.32 Å². The van der Waals surface area contributed by atoms with E-state index in [2.05, 4.69) is 36.7 Å². The molecule has 0 amide bonds. The molecule has 1 aliphatic carbocycles. The molecule has 84 valence electrons. The summed E-state index contributed by atoms with van der Waals surface area (Å²) < 4.78 is 0. The van der Waals surface area contributed by atoms with Gasteiger partial charge in [0.15, 0.2) is 0 Å². The van der Waals surface area contributed by atoms with Crippen LogP contribution in [-0.4, -0.2) is 6.04 Å². The zero-order valence-corrected chi connectivity index (χ0v) is 10.5. The fourth-order valence-corrected chi connectivity index (χ4v) is 3.30. The first kappa shape index (κ1) is 11.2. The van der Waals surface area contributed by atoms with Gasteiger partial charge in [-0.3, -0.25) is 0 Å². The van der Waals surface area contributed by atoms with Gasteiger partial charge in [0.05, 0.1) is 0 Å². The largest absolute Gasteiger partial charge is 0.307 e. The molecule has 0 aliphatic heterocycles. The Labute approximate surface area is 96.9 Å². The van der Waals surface area contributed by atoms with Crippen LogP contribution in [0.1, 0.15) is 50.4 Å². The van der Waals surface area contributed by atoms with Crippen molar-refractivity contribution in [3.05, 3.63) is 22.4 Å². The molecule has 2 rings (SSSR count). The Balaban J connectivity index is 1.86. The molecule has 0 radical (unpaired) electrons. The van der Waals surface area contributed by atoms with Gasteiger partial charge in [0.1, 0.15) is 0 Å². The predicted molar refractivity (Wildman–Crippen MR) is 67.3 cm³/mol. The molecule has 3 atom stereocenters. The molecule has 2 heteroatoms. The third-order valence-corrected chi connectivity index (χ3v) is 4.45. The van der Waals surface area contributed by atoms with Crippen LogP contribution in [0.15, 0.2) is 17.5 Å². The highest BCUT2D eigenvalue weighted by Gasteiger charge is 2.20. The molecule has 1 aromatic heterocycles. The van der Waals surface area contributed by atoms with Crippen molar-refractivity contribution in [2.24, 2.45) is 5.92 Å². The summed E-state index contributed by atoms with van der Waals surface area (Å²) in [7, 11) is 0. The molecule has 0 aromatic carbocycles. The normalized spacial score (nSPS) is 28.9. The van der Waals surface area contributed by atoms with Gasteiger partial charge >= 0.3 is 0 Å². The van der Waals surface area contributed by atoms with E-state index in [1.54, 1.807) is 0 Å². The van der Waals surface area contributed by atoms with Crippen molar-refractivity contribution in [1.82, 2.24) is 5.32 Å². The van der Waals surface area contributed by atoms with Gasteiger partial charge in [-0.1, -0.05) is 25.8 Å². The van der Waals surface area contributed by atoms with Gasteiger partial charge in [-0.15, -0.1) is 11.3 Å². The van der Waals surface area contributed by atoms with Crippen LogP contribution in [0.3, 0.4) is 0 Å². The molecule has 1 heterocycles. The van der Waals surface area contributed by atoms with E-state index in [1.807, 2.05) is 11.3 Å². The topological polar surface area (TPSA) is 12.0 Å². The van der Waals surface area contributed by atoms with Crippen LogP contribution in [0.5, 0.6) is 0 Å². The second-order valence-corrected chi connectivity index (χ2v) is 5.85. The Morgan fingerprint density at radius 3 is 3.00 bits per heavy atom. The minimum Gasteiger partial charge on any atom is -0.307 e. The second kappa shape index (κ2) is 5.13. The number of nitrogens with one attached hydrogen (secondary N) is 1. The van der Waals surface area contributed by atoms with Crippen LogP contribution in [-0.2, 0) is 0 Å². The summed E-state index contributed by atoms with van der Waals surface area (Å²) in [6.07, 6.45) is 5.54. The van der Waals surface area contributed by atoms with Gasteiger partial charge in [-0.2, -0.15) is 0 Å². The van der Waals surface area contributed by atoms with Crippen molar-refractivity contribution in [2.75, 3.05) is 0 Å². The molecule has 0 saturated heterocycles. The monoisotopic (exact) mass is 223 g/mol. The molecular weight excluding hydrogens is 202 g/mol. The second-order valence-electron chi connectivity index (χ2n) is 4.87. The number of hydrogen-bond donors (Lipinski definition) is 1. The lowest BCUT2D eigenvalue weighted by atomic mass is 9.87. The summed E-state index contributed by atoms with van der Waals surface area (Å²) in [4.78, 5) is 1.47. The maximum absolute atomic E-state index is 3.76. The summed E-state index contributed by atoms with van der Waals surface area (Å²) >= 11 is 1.86. The van der Waals surface area contributed by atoms with E-state index in [-0.39, 0.29) is 0 Å². The van der Waals surface area contributed by atoms with E-state index in [1.165, 1.54) is 30.6 Å². The van der Waals surface area contributed by atoms with Crippen LogP contribution >= 0.6 is 11.3 Å². The first-order valence-electron chi connectivity index (χ1n) is 6.05. The maximum atomic E-state index is 3.76. The number of rotatable bonds is 3. The molecule has 1 fully saturated rings. The van der Waals surface area contributed by atoms with Gasteiger partial charge in [0, 0.05) is 17.0 Å². The van der Waals surface area contributed by atoms with Crippen LogP contribution in [0.25, 0.3) is 0 Å². The third kappa shape index (κ3) is 3.05. The van der Waals surface area contributed by atoms with Crippen LogP contribution in [0.4, 0.5) is 0 Å². The summed E-state index contributed by atoms with van der Waals surface area (Å²) in [5.41, 5.74) is 0. The molecular formula is C13H21NS. The molecule has 1 saturated carbocycles. The average molecular weight is 223 g/mol. The smallest absolute Gasteiger partial charge is 0.0388 e. The van der Waals surface area contributed by atoms with Gasteiger partial charge in [-0.05, 0) is 37.1 Å². The van der Waals surface area contributed by atoms with Gasteiger partial charge in [0.25, 0.3) is 0 Å². The van der Waals surface area contributed by atoms with E-state index in [0.29, 0.717) is 6.04 Å². The molecule has 1 aromatic rings. The van der Waals surface area contributed by atoms with Gasteiger partial charge < -0.3 is 5.32 Å². The van der Waals surface area contributed by atoms with Crippen molar-refractivity contribution in [2.45, 2.75) is 51.6 Å². The van der Waals surface area contributed by atoms with E-state index >= 15 is 0 Å². The highest BCUT2D eigenvalue weighted by molar-refractivity contribution is 7.10. The maximum Gasteiger partial charge on any atom is 0.0388 e. The molecule has 0 bridgehead atoms. The lowest BCUT2D eigenvalue weighted by Gasteiger charge is -2.29. The Hall–Kier alpha value is -0.340. The first-order valence-corrected chi connectivity index (χ1v) is 6.93. The first-order chi connectivity index (χ1) is 7.25. The third-order valence-electron chi connectivity index (χ3n) is 3.39. The lowest BCUT2D eigenvalue weighted by Crippen LogP contribution is -2.35. The summed E-state index contributed by atoms with van der Waals surface area (Å²) in [6, 6.07) is 5.64. The van der Waals surface area contributed by atoms with E-state index in [0.717, 1.165) is 12.0 Å². The average Bonchev–Trinajstić information content (AvgIpc) is 2.70. The molecule has 1 aliphatic rings. The van der Waals surface area contributed by atoms with Gasteiger partial charge in [0.2, 0.25) is 0 Å². The number of hydrogen-bond acceptors (Lipinski definition) is 2. The predicted octanol–water partition coefficient (Wildman–Crippen LogP) is 3.98. The van der Waals surface area contributed by atoms with Crippen LogP contribution in [0.2, 0.25) is 0 Å². The summed E-state index contributed by atoms with van der Waals surface area (Å²) in [5, 5.41) is 5.93. The Bertz CT molecular complexity index is 281. The fraction of sp³-hybridized carbons (Fsp3) is 0.692. The van der Waals surface area contributed by atoms with Gasteiger partial charge in [-0.25, -0.2) is 0 Å². The molecule has 2 unspecified atom stereocenters. The van der Waals surface area contributed by atoms with Crippen molar-refractivity contribution >= 4 is 11.3 Å². The Morgan fingerprint density at radius 2 is 2.33 bits per heavy atom. The molecule has 15 heavy (non-hydrogen) atoms. The van der Waals surface area contributed by atoms with Crippen molar-refractivity contribution in [3.8, 4) is 0 Å². The van der Waals surface area contributed by atoms with E-state index < -0.39 is 0 Å². The minimum absolute atomic E-state index is 0.528. The zero-order chi connectivity index (χ0) is 10.7. The highest BCUT2D eigenvalue weighted by atomic mass is 32.1. The SMILES string of the molecule is CC1CCCC(N[C@@H](C)c2cccs2)C1. The quantitative estimate of drug-likeness (QED) is 0.817. The molecule has 1 nitrogen and oxygen atoms in total. The number of thiophene rings is 1. The van der Waals surface area contributed by atoms with Crippen molar-refractivity contribution in [1.29, 1.82) is 0 Å². The minimum atomic E-state index is 0.528. The lowest BCUT2D eigenvalue weighted by molar-refractivity contribution is 0.286. The highest BCUT2D eigenvalue weighted by Crippen LogP contribution is 2.26. The molecule has 1 N–H and O–H groups in total. The standard InChI is InChI=1S/C13H21NS/c1-10-5-3-6-12(9-10)14-11(2)13-7-4-8-15-13/h4,7-8,10-12,14H,3,5-6,9H2,1-2H3/t10?,11-,12?/m0/s1. The molecule has 0 spiro atoms. The Kier molecular flexibility index (Phi) is 3.81. The van der Waals surface area contributed by atoms with E-state index in [9.17, 15) is 0 Å². The van der Waals surface area contributed by atoms with Crippen LogP contribution in [0, 0.1) is 5.92 Å².